The Morgan fingerprint density at radius 1 is 1.10 bits per heavy atom. The SMILES string of the molecule is O=C(Nc1nc(=S)[nH][nH]1)C(=O)[C@H](C(=O)c1ccncc1)[C@H]1OC(=O)c2ccccc21. The zero-order chi connectivity index (χ0) is 21.3. The van der Waals surface area contributed by atoms with Gasteiger partial charge in [-0.05, 0) is 30.4 Å². The number of cyclic esters (lactones) is 1. The number of hydrogen-bond donors (Lipinski definition) is 3. The number of aromatic amines is 2. The number of aromatic nitrogens is 4. The van der Waals surface area contributed by atoms with Crippen molar-refractivity contribution in [2.24, 2.45) is 5.92 Å². The number of ketones is 2. The number of benzene rings is 1. The van der Waals surface area contributed by atoms with Crippen molar-refractivity contribution in [2.75, 3.05) is 5.32 Å². The van der Waals surface area contributed by atoms with Gasteiger partial charge in [0.05, 0.1) is 5.56 Å². The Balaban J connectivity index is 1.72. The highest BCUT2D eigenvalue weighted by molar-refractivity contribution is 7.71. The minimum atomic E-state index is -1.60. The summed E-state index contributed by atoms with van der Waals surface area (Å²) in [6.07, 6.45) is 1.52. The summed E-state index contributed by atoms with van der Waals surface area (Å²) in [7, 11) is 0. The second-order valence-corrected chi connectivity index (χ2v) is 6.71. The number of hydrogen-bond acceptors (Lipinski definition) is 8. The molecule has 2 aromatic heterocycles. The zero-order valence-corrected chi connectivity index (χ0v) is 15.9. The molecule has 10 nitrogen and oxygen atoms in total. The predicted molar refractivity (Wildman–Crippen MR) is 104 cm³/mol. The minimum absolute atomic E-state index is 0.0702. The first-order chi connectivity index (χ1) is 14.5. The maximum Gasteiger partial charge on any atom is 0.339 e. The molecule has 0 aliphatic carbocycles. The van der Waals surface area contributed by atoms with Crippen molar-refractivity contribution >= 4 is 41.6 Å². The largest absolute Gasteiger partial charge is 0.453 e. The van der Waals surface area contributed by atoms with Crippen LogP contribution in [0.15, 0.2) is 48.8 Å². The molecule has 3 N–H and O–H groups in total. The molecule has 0 saturated carbocycles. The fraction of sp³-hybridized carbons (Fsp3) is 0.105. The van der Waals surface area contributed by atoms with Gasteiger partial charge in [-0.3, -0.25) is 34.9 Å². The predicted octanol–water partition coefficient (Wildman–Crippen LogP) is 1.78. The molecule has 0 radical (unpaired) electrons. The Kier molecular flexibility index (Phi) is 5.02. The molecule has 3 heterocycles. The second-order valence-electron chi connectivity index (χ2n) is 6.32. The summed E-state index contributed by atoms with van der Waals surface area (Å²) in [4.78, 5) is 58.7. The number of nitrogens with zero attached hydrogens (tertiary/aromatic N) is 2. The number of amides is 1. The summed E-state index contributed by atoms with van der Waals surface area (Å²) in [6, 6.07) is 9.21. The number of ether oxygens (including phenoxy) is 1. The molecule has 1 aliphatic rings. The fourth-order valence-corrected chi connectivity index (χ4v) is 3.29. The molecule has 3 aromatic rings. The molecular weight excluding hydrogens is 410 g/mol. The van der Waals surface area contributed by atoms with E-state index in [1.54, 1.807) is 18.2 Å². The maximum atomic E-state index is 13.2. The summed E-state index contributed by atoms with van der Waals surface area (Å²) in [5.41, 5.74) is 0.741. The van der Waals surface area contributed by atoms with Crippen LogP contribution in [0.5, 0.6) is 0 Å². The average molecular weight is 423 g/mol. The molecule has 11 heteroatoms. The number of rotatable bonds is 6. The van der Waals surface area contributed by atoms with E-state index in [2.05, 4.69) is 25.5 Å². The van der Waals surface area contributed by atoms with Crippen molar-refractivity contribution in [3.8, 4) is 0 Å². The van der Waals surface area contributed by atoms with Crippen molar-refractivity contribution in [3.63, 3.8) is 0 Å². The third-order valence-corrected chi connectivity index (χ3v) is 4.70. The highest BCUT2D eigenvalue weighted by Crippen LogP contribution is 2.38. The molecule has 150 valence electrons. The smallest absolute Gasteiger partial charge is 0.339 e. The van der Waals surface area contributed by atoms with Crippen LogP contribution in [-0.4, -0.2) is 43.6 Å². The normalized spacial score (nSPS) is 15.7. The quantitative estimate of drug-likeness (QED) is 0.179. The second kappa shape index (κ2) is 7.79. The van der Waals surface area contributed by atoms with Crippen molar-refractivity contribution < 1.29 is 23.9 Å². The van der Waals surface area contributed by atoms with Crippen LogP contribution in [0.25, 0.3) is 0 Å². The zero-order valence-electron chi connectivity index (χ0n) is 15.1. The van der Waals surface area contributed by atoms with Gasteiger partial charge >= 0.3 is 5.97 Å². The number of carbonyl (C=O) groups is 4. The third kappa shape index (κ3) is 3.53. The van der Waals surface area contributed by atoms with Gasteiger partial charge in [-0.15, -0.1) is 0 Å². The van der Waals surface area contributed by atoms with Gasteiger partial charge in [0.15, 0.2) is 5.78 Å². The Morgan fingerprint density at radius 2 is 1.83 bits per heavy atom. The molecular formula is C19H13N5O5S. The summed E-state index contributed by atoms with van der Waals surface area (Å²) in [5, 5.41) is 7.20. The van der Waals surface area contributed by atoms with E-state index in [1.807, 2.05) is 0 Å². The monoisotopic (exact) mass is 423 g/mol. The van der Waals surface area contributed by atoms with Gasteiger partial charge in [0.2, 0.25) is 16.5 Å². The topological polar surface area (TPSA) is 147 Å². The third-order valence-electron chi connectivity index (χ3n) is 4.51. The van der Waals surface area contributed by atoms with Gasteiger partial charge < -0.3 is 4.74 Å². The maximum absolute atomic E-state index is 13.2. The summed E-state index contributed by atoms with van der Waals surface area (Å²) in [6.45, 7) is 0. The number of Topliss-reactive ketones (excluding diaryl/α,β-unsaturated/α-hetero) is 2. The van der Waals surface area contributed by atoms with Crippen LogP contribution in [0, 0.1) is 10.7 Å². The molecule has 2 atom stereocenters. The van der Waals surface area contributed by atoms with E-state index >= 15 is 0 Å². The Bertz CT molecular complexity index is 1220. The molecule has 1 amide bonds. The van der Waals surface area contributed by atoms with E-state index < -0.39 is 35.5 Å². The van der Waals surface area contributed by atoms with Gasteiger partial charge in [0, 0.05) is 23.5 Å². The number of nitrogens with one attached hydrogen (secondary N) is 3. The lowest BCUT2D eigenvalue weighted by Crippen LogP contribution is -2.38. The first-order valence-corrected chi connectivity index (χ1v) is 9.10. The lowest BCUT2D eigenvalue weighted by molar-refractivity contribution is -0.138. The van der Waals surface area contributed by atoms with E-state index in [-0.39, 0.29) is 21.8 Å². The summed E-state index contributed by atoms with van der Waals surface area (Å²) in [5.74, 6) is -5.23. The van der Waals surface area contributed by atoms with Crippen LogP contribution < -0.4 is 5.32 Å². The molecule has 1 aromatic carbocycles. The van der Waals surface area contributed by atoms with Crippen LogP contribution in [0.1, 0.15) is 32.4 Å². The van der Waals surface area contributed by atoms with Crippen LogP contribution in [0.2, 0.25) is 0 Å². The van der Waals surface area contributed by atoms with Gasteiger partial charge in [0.1, 0.15) is 12.0 Å². The van der Waals surface area contributed by atoms with Crippen molar-refractivity contribution in [2.45, 2.75) is 6.10 Å². The van der Waals surface area contributed by atoms with Crippen LogP contribution >= 0.6 is 12.2 Å². The Morgan fingerprint density at radius 3 is 2.53 bits per heavy atom. The first-order valence-electron chi connectivity index (χ1n) is 8.69. The van der Waals surface area contributed by atoms with Crippen LogP contribution in [0.3, 0.4) is 0 Å². The number of pyridine rings is 1. The van der Waals surface area contributed by atoms with Gasteiger partial charge in [-0.1, -0.05) is 18.2 Å². The lowest BCUT2D eigenvalue weighted by Gasteiger charge is -2.20. The fourth-order valence-electron chi connectivity index (χ4n) is 3.15. The van der Waals surface area contributed by atoms with E-state index in [0.717, 1.165) is 0 Å². The molecule has 0 fully saturated rings. The molecule has 30 heavy (non-hydrogen) atoms. The van der Waals surface area contributed by atoms with Gasteiger partial charge in [0.25, 0.3) is 5.91 Å². The molecule has 4 rings (SSSR count). The first kappa shape index (κ1) is 19.3. The van der Waals surface area contributed by atoms with Gasteiger partial charge in [-0.25, -0.2) is 4.79 Å². The van der Waals surface area contributed by atoms with Crippen molar-refractivity contribution in [3.05, 3.63) is 70.3 Å². The molecule has 0 saturated heterocycles. The van der Waals surface area contributed by atoms with E-state index in [0.29, 0.717) is 5.56 Å². The van der Waals surface area contributed by atoms with E-state index in [4.69, 9.17) is 17.0 Å². The number of esters is 1. The van der Waals surface area contributed by atoms with Gasteiger partial charge in [-0.2, -0.15) is 4.98 Å². The van der Waals surface area contributed by atoms with Crippen LogP contribution in [0.4, 0.5) is 5.95 Å². The van der Waals surface area contributed by atoms with Crippen molar-refractivity contribution in [1.29, 1.82) is 0 Å². The van der Waals surface area contributed by atoms with Crippen molar-refractivity contribution in [1.82, 2.24) is 20.2 Å². The molecule has 1 aliphatic heterocycles. The number of carbonyl (C=O) groups excluding carboxylic acids is 4. The highest BCUT2D eigenvalue weighted by Gasteiger charge is 2.46. The van der Waals surface area contributed by atoms with Crippen LogP contribution in [-0.2, 0) is 14.3 Å². The Labute approximate surface area is 173 Å². The number of H-pyrrole nitrogens is 2. The molecule has 0 bridgehead atoms. The molecule has 0 spiro atoms. The Hall–Kier alpha value is -3.99. The number of fused-ring (bicyclic) bond motifs is 1. The standard InChI is InChI=1S/C19H13N5O5S/c25-13(9-5-7-20-8-6-9)12(14(26)16(27)21-18-22-19(30)24-23-18)15-10-3-1-2-4-11(10)17(28)29-15/h1-8,12,15H,(H3,21,22,23,24,27,30)/t12-,15-/m0/s1. The molecule has 0 unspecified atom stereocenters. The summed E-state index contributed by atoms with van der Waals surface area (Å²) >= 11 is 4.80. The minimum Gasteiger partial charge on any atom is -0.453 e. The summed E-state index contributed by atoms with van der Waals surface area (Å²) < 4.78 is 5.41. The average Bonchev–Trinajstić information content (AvgIpc) is 3.32. The lowest BCUT2D eigenvalue weighted by atomic mass is 9.85. The van der Waals surface area contributed by atoms with E-state index in [9.17, 15) is 19.2 Å². The highest BCUT2D eigenvalue weighted by atomic mass is 32.1. The number of anilines is 1. The van der Waals surface area contributed by atoms with E-state index in [1.165, 1.54) is 30.6 Å².